The molecule has 2 rings (SSSR count). The fourth-order valence-corrected chi connectivity index (χ4v) is 2.43. The smallest absolute Gasteiger partial charge is 0.251 e. The second kappa shape index (κ2) is 6.96. The molecule has 104 valence electrons. The van der Waals surface area contributed by atoms with Crippen LogP contribution in [0.4, 0.5) is 0 Å². The Balaban J connectivity index is 1.80. The highest BCUT2D eigenvalue weighted by Crippen LogP contribution is 2.15. The molecule has 1 N–H and O–H groups in total. The maximum atomic E-state index is 11.9. The Bertz CT molecular complexity index is 638. The number of carbonyl (C=O) groups excluding carboxylic acids is 1. The molecule has 0 saturated carbocycles. The lowest BCUT2D eigenvalue weighted by Crippen LogP contribution is -2.27. The molecule has 2 aromatic rings. The molecule has 0 atom stereocenters. The Morgan fingerprint density at radius 3 is 2.70 bits per heavy atom. The van der Waals surface area contributed by atoms with Gasteiger partial charge in [-0.3, -0.25) is 9.59 Å². The van der Waals surface area contributed by atoms with E-state index >= 15 is 0 Å². The van der Waals surface area contributed by atoms with E-state index in [2.05, 4.69) is 5.32 Å². The summed E-state index contributed by atoms with van der Waals surface area (Å²) in [5, 5.41) is 2.81. The van der Waals surface area contributed by atoms with E-state index < -0.39 is 0 Å². The van der Waals surface area contributed by atoms with Gasteiger partial charge in [0.1, 0.15) is 0 Å². The highest BCUT2D eigenvalue weighted by Gasteiger charge is 2.05. The molecule has 0 saturated heterocycles. The van der Waals surface area contributed by atoms with Gasteiger partial charge in [-0.1, -0.05) is 18.2 Å². The number of thioether (sulfide) groups is 1. The van der Waals surface area contributed by atoms with E-state index in [9.17, 15) is 9.59 Å². The number of hydrogen-bond acceptors (Lipinski definition) is 3. The van der Waals surface area contributed by atoms with Crippen LogP contribution in [-0.4, -0.2) is 22.8 Å². The molecular formula is C15H16N2O2S. The van der Waals surface area contributed by atoms with Crippen molar-refractivity contribution < 1.29 is 4.79 Å². The van der Waals surface area contributed by atoms with Gasteiger partial charge in [-0.2, -0.15) is 0 Å². The van der Waals surface area contributed by atoms with E-state index in [1.807, 2.05) is 30.3 Å². The van der Waals surface area contributed by atoms with Gasteiger partial charge < -0.3 is 9.88 Å². The molecule has 0 unspecified atom stereocenters. The van der Waals surface area contributed by atoms with E-state index in [1.54, 1.807) is 31.1 Å². The summed E-state index contributed by atoms with van der Waals surface area (Å²) in [5.41, 5.74) is 0.217. The summed E-state index contributed by atoms with van der Waals surface area (Å²) in [6.45, 7) is 0.563. The van der Waals surface area contributed by atoms with Crippen molar-refractivity contribution in [2.75, 3.05) is 12.3 Å². The molecule has 1 heterocycles. The molecule has 20 heavy (non-hydrogen) atoms. The lowest BCUT2D eigenvalue weighted by molar-refractivity contribution is 0.0956. The number of carbonyl (C=O) groups is 1. The minimum absolute atomic E-state index is 0.184. The Hall–Kier alpha value is -2.01. The van der Waals surface area contributed by atoms with Crippen LogP contribution in [0, 0.1) is 0 Å². The summed E-state index contributed by atoms with van der Waals surface area (Å²) in [5.74, 6) is 0.581. The van der Waals surface area contributed by atoms with Crippen LogP contribution in [0.1, 0.15) is 10.4 Å². The molecule has 0 aliphatic rings. The number of benzene rings is 1. The van der Waals surface area contributed by atoms with Crippen LogP contribution in [0.15, 0.2) is 58.4 Å². The zero-order chi connectivity index (χ0) is 14.4. The summed E-state index contributed by atoms with van der Waals surface area (Å²) in [6, 6.07) is 13.0. The fourth-order valence-electron chi connectivity index (χ4n) is 1.64. The summed E-state index contributed by atoms with van der Waals surface area (Å²) in [6.07, 6.45) is 1.59. The van der Waals surface area contributed by atoms with Crippen molar-refractivity contribution in [1.82, 2.24) is 9.88 Å². The first-order valence-corrected chi connectivity index (χ1v) is 7.28. The third-order valence-electron chi connectivity index (χ3n) is 2.77. The van der Waals surface area contributed by atoms with E-state index in [1.165, 1.54) is 15.5 Å². The third kappa shape index (κ3) is 3.99. The molecule has 1 aromatic heterocycles. The van der Waals surface area contributed by atoms with Crippen molar-refractivity contribution in [2.24, 2.45) is 7.05 Å². The van der Waals surface area contributed by atoms with Crippen LogP contribution in [0.3, 0.4) is 0 Å². The van der Waals surface area contributed by atoms with Gasteiger partial charge in [0.15, 0.2) is 0 Å². The molecule has 1 aromatic carbocycles. The number of aromatic nitrogens is 1. The Morgan fingerprint density at radius 1 is 1.25 bits per heavy atom. The van der Waals surface area contributed by atoms with Gasteiger partial charge in [-0.05, 0) is 18.2 Å². The molecule has 4 nitrogen and oxygen atoms in total. The molecule has 0 aliphatic carbocycles. The normalized spacial score (nSPS) is 10.2. The van der Waals surface area contributed by atoms with Crippen molar-refractivity contribution in [2.45, 2.75) is 4.90 Å². The average molecular weight is 288 g/mol. The molecule has 0 aliphatic heterocycles. The first-order chi connectivity index (χ1) is 9.66. The second-order valence-corrected chi connectivity index (χ2v) is 5.45. The van der Waals surface area contributed by atoms with Crippen LogP contribution in [0.25, 0.3) is 0 Å². The summed E-state index contributed by atoms with van der Waals surface area (Å²) >= 11 is 1.68. The van der Waals surface area contributed by atoms with Gasteiger partial charge in [0.2, 0.25) is 0 Å². The van der Waals surface area contributed by atoms with Gasteiger partial charge >= 0.3 is 0 Å². The van der Waals surface area contributed by atoms with Crippen molar-refractivity contribution in [3.8, 4) is 0 Å². The Kier molecular flexibility index (Phi) is 5.01. The second-order valence-electron chi connectivity index (χ2n) is 4.28. The molecule has 0 fully saturated rings. The topological polar surface area (TPSA) is 51.1 Å². The zero-order valence-corrected chi connectivity index (χ0v) is 12.0. The zero-order valence-electron chi connectivity index (χ0n) is 11.2. The minimum atomic E-state index is -0.212. The van der Waals surface area contributed by atoms with Crippen LogP contribution >= 0.6 is 11.8 Å². The third-order valence-corrected chi connectivity index (χ3v) is 3.78. The van der Waals surface area contributed by atoms with Crippen LogP contribution < -0.4 is 10.9 Å². The quantitative estimate of drug-likeness (QED) is 0.675. The summed E-state index contributed by atoms with van der Waals surface area (Å²) < 4.78 is 1.43. The first kappa shape index (κ1) is 14.4. The van der Waals surface area contributed by atoms with E-state index in [-0.39, 0.29) is 11.5 Å². The molecule has 5 heteroatoms. The van der Waals surface area contributed by atoms with Crippen molar-refractivity contribution >= 4 is 17.7 Å². The highest BCUT2D eigenvalue weighted by molar-refractivity contribution is 7.99. The van der Waals surface area contributed by atoms with Crippen LogP contribution in [0.2, 0.25) is 0 Å². The number of nitrogens with one attached hydrogen (secondary N) is 1. The van der Waals surface area contributed by atoms with Gasteiger partial charge in [-0.25, -0.2) is 0 Å². The lowest BCUT2D eigenvalue weighted by atomic mass is 10.2. The van der Waals surface area contributed by atoms with Crippen molar-refractivity contribution in [3.05, 3.63) is 64.6 Å². The molecule has 0 radical (unpaired) electrons. The van der Waals surface area contributed by atoms with Gasteiger partial charge in [-0.15, -0.1) is 11.8 Å². The number of rotatable bonds is 5. The van der Waals surface area contributed by atoms with Crippen molar-refractivity contribution in [3.63, 3.8) is 0 Å². The minimum Gasteiger partial charge on any atom is -0.351 e. The van der Waals surface area contributed by atoms with Gasteiger partial charge in [0.25, 0.3) is 11.5 Å². The maximum absolute atomic E-state index is 11.9. The predicted molar refractivity (Wildman–Crippen MR) is 81.2 cm³/mol. The van der Waals surface area contributed by atoms with E-state index in [0.29, 0.717) is 12.1 Å². The number of nitrogens with zero attached hydrogens (tertiary/aromatic N) is 1. The SMILES string of the molecule is Cn1ccc(C(=O)NCCSc2ccccc2)cc1=O. The van der Waals surface area contributed by atoms with E-state index in [4.69, 9.17) is 0 Å². The average Bonchev–Trinajstić information content (AvgIpc) is 2.47. The number of hydrogen-bond donors (Lipinski definition) is 1. The monoisotopic (exact) mass is 288 g/mol. The molecule has 0 bridgehead atoms. The van der Waals surface area contributed by atoms with Gasteiger partial charge in [0, 0.05) is 42.1 Å². The molecular weight excluding hydrogens is 272 g/mol. The summed E-state index contributed by atoms with van der Waals surface area (Å²) in [4.78, 5) is 24.5. The van der Waals surface area contributed by atoms with Crippen molar-refractivity contribution in [1.29, 1.82) is 0 Å². The first-order valence-electron chi connectivity index (χ1n) is 6.29. The number of pyridine rings is 1. The van der Waals surface area contributed by atoms with Crippen LogP contribution in [-0.2, 0) is 7.05 Å². The maximum Gasteiger partial charge on any atom is 0.251 e. The lowest BCUT2D eigenvalue weighted by Gasteiger charge is -2.05. The van der Waals surface area contributed by atoms with E-state index in [0.717, 1.165) is 5.75 Å². The molecule has 1 amide bonds. The van der Waals surface area contributed by atoms with Crippen LogP contribution in [0.5, 0.6) is 0 Å². The standard InChI is InChI=1S/C15H16N2O2S/c1-17-9-7-12(11-14(17)18)15(19)16-8-10-20-13-5-3-2-4-6-13/h2-7,9,11H,8,10H2,1H3,(H,16,19). The molecule has 0 spiro atoms. The Labute approximate surface area is 121 Å². The predicted octanol–water partition coefficient (Wildman–Crippen LogP) is 1.91. The largest absolute Gasteiger partial charge is 0.351 e. The number of aryl methyl sites for hydroxylation is 1. The highest BCUT2D eigenvalue weighted by atomic mass is 32.2. The Morgan fingerprint density at radius 2 is 2.00 bits per heavy atom. The summed E-state index contributed by atoms with van der Waals surface area (Å²) in [7, 11) is 1.65. The van der Waals surface area contributed by atoms with Gasteiger partial charge in [0.05, 0.1) is 0 Å². The fraction of sp³-hybridized carbons (Fsp3) is 0.200. The number of amides is 1.